The number of carbonyl (C=O) groups excluding carboxylic acids is 4. The zero-order valence-corrected chi connectivity index (χ0v) is 20.8. The number of ether oxygens (including phenoxy) is 6. The van der Waals surface area contributed by atoms with Gasteiger partial charge in [0.2, 0.25) is 0 Å². The third kappa shape index (κ3) is 12.1. The maximum absolute atomic E-state index is 12.3. The highest BCUT2D eigenvalue weighted by molar-refractivity contribution is 5.76. The van der Waals surface area contributed by atoms with E-state index < -0.39 is 24.3 Å². The SMILES string of the molecule is CCCCCC(=O)OCCN[C@@H](Cc1ccc(OC(=O)OCC)c(OC(=O)OCC)c1)C(=O)OC. The van der Waals surface area contributed by atoms with E-state index in [9.17, 15) is 19.2 Å². The number of hydrogen-bond donors (Lipinski definition) is 1. The molecule has 0 fully saturated rings. The number of rotatable bonds is 15. The van der Waals surface area contributed by atoms with Crippen LogP contribution in [0.4, 0.5) is 9.59 Å². The average Bonchev–Trinajstić information content (AvgIpc) is 2.82. The first-order valence-corrected chi connectivity index (χ1v) is 11.6. The molecule has 0 saturated carbocycles. The van der Waals surface area contributed by atoms with Gasteiger partial charge in [0.15, 0.2) is 11.5 Å². The summed E-state index contributed by atoms with van der Waals surface area (Å²) in [7, 11) is 1.26. The second kappa shape index (κ2) is 17.1. The Morgan fingerprint density at radius 2 is 1.54 bits per heavy atom. The number of benzene rings is 1. The second-order valence-corrected chi connectivity index (χ2v) is 7.26. The van der Waals surface area contributed by atoms with Crippen molar-refractivity contribution in [2.45, 2.75) is 58.9 Å². The van der Waals surface area contributed by atoms with Crippen LogP contribution < -0.4 is 14.8 Å². The van der Waals surface area contributed by atoms with Crippen LogP contribution >= 0.6 is 0 Å². The highest BCUT2D eigenvalue weighted by Crippen LogP contribution is 2.30. The highest BCUT2D eigenvalue weighted by atomic mass is 16.7. The number of carbonyl (C=O) groups is 4. The van der Waals surface area contributed by atoms with Crippen LogP contribution in [0.25, 0.3) is 0 Å². The Morgan fingerprint density at radius 1 is 0.886 bits per heavy atom. The van der Waals surface area contributed by atoms with E-state index in [1.54, 1.807) is 19.9 Å². The smallest absolute Gasteiger partial charge is 0.468 e. The predicted octanol–water partition coefficient (Wildman–Crippen LogP) is 3.55. The molecule has 0 spiro atoms. The van der Waals surface area contributed by atoms with Crippen LogP contribution in [-0.2, 0) is 35.0 Å². The molecule has 1 N–H and O–H groups in total. The normalized spacial score (nSPS) is 11.2. The van der Waals surface area contributed by atoms with E-state index in [4.69, 9.17) is 28.4 Å². The van der Waals surface area contributed by atoms with Gasteiger partial charge in [-0.25, -0.2) is 9.59 Å². The van der Waals surface area contributed by atoms with Crippen molar-refractivity contribution in [1.29, 1.82) is 0 Å². The summed E-state index contributed by atoms with van der Waals surface area (Å²) in [6.45, 7) is 5.80. The molecule has 0 radical (unpaired) electrons. The molecule has 196 valence electrons. The highest BCUT2D eigenvalue weighted by Gasteiger charge is 2.22. The van der Waals surface area contributed by atoms with Crippen LogP contribution in [0.1, 0.15) is 52.0 Å². The lowest BCUT2D eigenvalue weighted by molar-refractivity contribution is -0.144. The number of esters is 2. The Hall–Kier alpha value is -3.34. The van der Waals surface area contributed by atoms with Gasteiger partial charge in [-0.3, -0.25) is 9.59 Å². The molecule has 0 saturated heterocycles. The van der Waals surface area contributed by atoms with Crippen LogP contribution in [0.3, 0.4) is 0 Å². The third-order valence-corrected chi connectivity index (χ3v) is 4.58. The van der Waals surface area contributed by atoms with Crippen LogP contribution in [0.5, 0.6) is 11.5 Å². The lowest BCUT2D eigenvalue weighted by Gasteiger charge is -2.18. The van der Waals surface area contributed by atoms with Gasteiger partial charge in [0, 0.05) is 13.0 Å². The minimum atomic E-state index is -0.984. The number of hydrogen-bond acceptors (Lipinski definition) is 11. The number of unbranched alkanes of at least 4 members (excludes halogenated alkanes) is 2. The summed E-state index contributed by atoms with van der Waals surface area (Å²) in [6.07, 6.45) is 1.31. The minimum Gasteiger partial charge on any atom is -0.468 e. The maximum atomic E-state index is 12.3. The summed E-state index contributed by atoms with van der Waals surface area (Å²) < 4.78 is 29.8. The van der Waals surface area contributed by atoms with Gasteiger partial charge >= 0.3 is 24.2 Å². The standard InChI is InChI=1S/C24H35NO10/c1-5-8-9-10-21(26)33-14-13-25-18(22(27)30-4)15-17-11-12-19(34-23(28)31-6-2)20(16-17)35-24(29)32-7-3/h11-12,16,18,25H,5-10,13-15H2,1-4H3/t18-/m0/s1. The Balaban J connectivity index is 2.86. The molecule has 0 heterocycles. The van der Waals surface area contributed by atoms with Crippen LogP contribution in [0, 0.1) is 0 Å². The van der Waals surface area contributed by atoms with Crippen LogP contribution in [-0.4, -0.2) is 63.8 Å². The quantitative estimate of drug-likeness (QED) is 0.165. The fourth-order valence-corrected chi connectivity index (χ4v) is 2.92. The molecule has 0 aliphatic heterocycles. The molecule has 1 rings (SSSR count). The van der Waals surface area contributed by atoms with E-state index in [0.29, 0.717) is 12.0 Å². The van der Waals surface area contributed by atoms with Gasteiger partial charge in [0.1, 0.15) is 12.6 Å². The number of methoxy groups -OCH3 is 1. The summed E-state index contributed by atoms with van der Waals surface area (Å²) in [5, 5.41) is 3.00. The molecule has 1 aromatic carbocycles. The zero-order chi connectivity index (χ0) is 26.1. The monoisotopic (exact) mass is 497 g/mol. The largest absolute Gasteiger partial charge is 0.513 e. The summed E-state index contributed by atoms with van der Waals surface area (Å²) in [4.78, 5) is 47.5. The van der Waals surface area contributed by atoms with E-state index in [-0.39, 0.29) is 50.3 Å². The molecule has 0 amide bonds. The molecular weight excluding hydrogens is 462 g/mol. The molecule has 0 aliphatic rings. The Bertz CT molecular complexity index is 827. The Labute approximate surface area is 205 Å². The van der Waals surface area contributed by atoms with Crippen LogP contribution in [0.2, 0.25) is 0 Å². The molecule has 1 aromatic rings. The van der Waals surface area contributed by atoms with Crippen LogP contribution in [0.15, 0.2) is 18.2 Å². The van der Waals surface area contributed by atoms with Gasteiger partial charge in [-0.15, -0.1) is 0 Å². The number of nitrogens with one attached hydrogen (secondary N) is 1. The summed E-state index contributed by atoms with van der Waals surface area (Å²) in [6, 6.07) is 3.67. The summed E-state index contributed by atoms with van der Waals surface area (Å²) >= 11 is 0. The van der Waals surface area contributed by atoms with Crippen molar-refractivity contribution < 1.29 is 47.6 Å². The first kappa shape index (κ1) is 29.7. The lowest BCUT2D eigenvalue weighted by atomic mass is 10.1. The Kier molecular flexibility index (Phi) is 14.5. The first-order chi connectivity index (χ1) is 16.8. The molecular formula is C24H35NO10. The second-order valence-electron chi connectivity index (χ2n) is 7.26. The van der Waals surface area contributed by atoms with E-state index >= 15 is 0 Å². The van der Waals surface area contributed by atoms with Crippen molar-refractivity contribution in [3.05, 3.63) is 23.8 Å². The summed E-state index contributed by atoms with van der Waals surface area (Å²) in [5.74, 6) is -0.955. The Morgan fingerprint density at radius 3 is 2.14 bits per heavy atom. The van der Waals surface area contributed by atoms with E-state index in [1.165, 1.54) is 19.2 Å². The first-order valence-electron chi connectivity index (χ1n) is 11.6. The van der Waals surface area contributed by atoms with Gasteiger partial charge in [0.25, 0.3) is 0 Å². The average molecular weight is 498 g/mol. The van der Waals surface area contributed by atoms with Gasteiger partial charge in [-0.2, -0.15) is 0 Å². The fourth-order valence-electron chi connectivity index (χ4n) is 2.92. The van der Waals surface area contributed by atoms with Crippen molar-refractivity contribution in [1.82, 2.24) is 5.32 Å². The molecule has 11 nitrogen and oxygen atoms in total. The predicted molar refractivity (Wildman–Crippen MR) is 124 cm³/mol. The topological polar surface area (TPSA) is 136 Å². The van der Waals surface area contributed by atoms with Crippen molar-refractivity contribution in [3.63, 3.8) is 0 Å². The molecule has 11 heteroatoms. The summed E-state index contributed by atoms with van der Waals surface area (Å²) in [5.41, 5.74) is 0.569. The molecule has 0 aliphatic carbocycles. The van der Waals surface area contributed by atoms with E-state index in [1.807, 2.05) is 0 Å². The van der Waals surface area contributed by atoms with Gasteiger partial charge in [-0.05, 0) is 44.4 Å². The van der Waals surface area contributed by atoms with Gasteiger partial charge in [0.05, 0.1) is 20.3 Å². The zero-order valence-electron chi connectivity index (χ0n) is 20.8. The lowest BCUT2D eigenvalue weighted by Crippen LogP contribution is -2.41. The maximum Gasteiger partial charge on any atom is 0.513 e. The molecule has 35 heavy (non-hydrogen) atoms. The van der Waals surface area contributed by atoms with E-state index in [0.717, 1.165) is 19.3 Å². The van der Waals surface area contributed by atoms with E-state index in [2.05, 4.69) is 12.2 Å². The van der Waals surface area contributed by atoms with Crippen molar-refractivity contribution in [3.8, 4) is 11.5 Å². The third-order valence-electron chi connectivity index (χ3n) is 4.58. The molecule has 1 atom stereocenters. The molecule has 0 unspecified atom stereocenters. The van der Waals surface area contributed by atoms with Gasteiger partial charge < -0.3 is 33.7 Å². The fraction of sp³-hybridized carbons (Fsp3) is 0.583. The van der Waals surface area contributed by atoms with Crippen molar-refractivity contribution in [2.24, 2.45) is 0 Å². The van der Waals surface area contributed by atoms with Crippen molar-refractivity contribution >= 4 is 24.2 Å². The molecule has 0 bridgehead atoms. The molecule has 0 aromatic heterocycles. The van der Waals surface area contributed by atoms with Gasteiger partial charge in [-0.1, -0.05) is 25.8 Å². The minimum absolute atomic E-state index is 0.0576. The van der Waals surface area contributed by atoms with Crippen molar-refractivity contribution in [2.75, 3.05) is 33.5 Å².